The van der Waals surface area contributed by atoms with Crippen molar-refractivity contribution in [1.82, 2.24) is 25.9 Å². The highest BCUT2D eigenvalue weighted by molar-refractivity contribution is 5.92. The molecule has 4 rings (SSSR count). The van der Waals surface area contributed by atoms with Crippen molar-refractivity contribution >= 4 is 23.7 Å². The fraction of sp³-hybridized carbons (Fsp3) is 0.267. The predicted octanol–water partition coefficient (Wildman–Crippen LogP) is 4.86. The highest BCUT2D eigenvalue weighted by Crippen LogP contribution is 2.24. The van der Waals surface area contributed by atoms with E-state index >= 15 is 0 Å². The number of benzene rings is 3. The Balaban J connectivity index is 1.39. The molecule has 1 unspecified atom stereocenters. The van der Waals surface area contributed by atoms with Crippen LogP contribution in [0.4, 0.5) is 14.9 Å². The van der Waals surface area contributed by atoms with Crippen LogP contribution < -0.4 is 15.4 Å². The van der Waals surface area contributed by atoms with Crippen LogP contribution in [0.5, 0.6) is 5.75 Å². The molecule has 1 heterocycles. The van der Waals surface area contributed by atoms with E-state index < -0.39 is 29.4 Å². The fourth-order valence-corrected chi connectivity index (χ4v) is 3.90. The maximum Gasteiger partial charge on any atom is 0.412 e. The van der Waals surface area contributed by atoms with Crippen molar-refractivity contribution in [2.24, 2.45) is 0 Å². The van der Waals surface area contributed by atoms with E-state index in [4.69, 9.17) is 9.47 Å². The number of esters is 1. The van der Waals surface area contributed by atoms with Gasteiger partial charge in [0.15, 0.2) is 17.4 Å². The number of tetrazole rings is 1. The lowest BCUT2D eigenvalue weighted by molar-refractivity contribution is -0.122. The van der Waals surface area contributed by atoms with Crippen LogP contribution >= 0.6 is 0 Å². The molecule has 0 bridgehead atoms. The normalized spacial score (nSPS) is 11.8. The van der Waals surface area contributed by atoms with E-state index in [-0.39, 0.29) is 29.5 Å². The number of nitrogens with zero attached hydrogens (tertiary/aromatic N) is 3. The zero-order valence-electron chi connectivity index (χ0n) is 23.6. The summed E-state index contributed by atoms with van der Waals surface area (Å²) in [6, 6.07) is 17.7. The van der Waals surface area contributed by atoms with Gasteiger partial charge in [-0.2, -0.15) is 5.21 Å². The number of ether oxygens (including phenoxy) is 2. The number of amides is 2. The number of halogens is 1. The van der Waals surface area contributed by atoms with Gasteiger partial charge in [0, 0.05) is 12.2 Å². The molecule has 0 aliphatic heterocycles. The Hall–Kier alpha value is -5.13. The smallest absolute Gasteiger partial charge is 0.412 e. The molecule has 42 heavy (non-hydrogen) atoms. The number of rotatable bonds is 9. The molecule has 218 valence electrons. The minimum absolute atomic E-state index is 0.0799. The molecule has 0 radical (unpaired) electrons. The number of aromatic amines is 1. The van der Waals surface area contributed by atoms with Gasteiger partial charge in [-0.15, -0.1) is 10.2 Å². The number of H-pyrrole nitrogens is 1. The zero-order valence-corrected chi connectivity index (χ0v) is 23.6. The maximum absolute atomic E-state index is 15.0. The molecule has 1 aromatic heterocycles. The Kier molecular flexibility index (Phi) is 9.25. The first-order valence-electron chi connectivity index (χ1n) is 13.1. The third-order valence-electron chi connectivity index (χ3n) is 5.98. The number of nitrogens with one attached hydrogen (secondary N) is 3. The molecule has 3 N–H and O–H groups in total. The Bertz CT molecular complexity index is 1530. The first-order chi connectivity index (χ1) is 20.0. The molecule has 0 saturated heterocycles. The lowest BCUT2D eigenvalue weighted by Gasteiger charge is -2.19. The summed E-state index contributed by atoms with van der Waals surface area (Å²) in [6.07, 6.45) is -0.554. The molecule has 0 aliphatic carbocycles. The minimum atomic E-state index is -0.838. The van der Waals surface area contributed by atoms with E-state index in [1.165, 1.54) is 36.4 Å². The highest BCUT2D eigenvalue weighted by Gasteiger charge is 2.26. The Morgan fingerprint density at radius 1 is 0.976 bits per heavy atom. The Morgan fingerprint density at radius 3 is 2.29 bits per heavy atom. The van der Waals surface area contributed by atoms with E-state index in [9.17, 15) is 18.8 Å². The maximum atomic E-state index is 15.0. The predicted molar refractivity (Wildman–Crippen MR) is 151 cm³/mol. The van der Waals surface area contributed by atoms with Crippen molar-refractivity contribution in [3.8, 4) is 5.75 Å². The molecule has 12 heteroatoms. The van der Waals surface area contributed by atoms with Gasteiger partial charge in [-0.3, -0.25) is 10.1 Å². The van der Waals surface area contributed by atoms with Crippen LogP contribution in [-0.2, 0) is 22.5 Å². The van der Waals surface area contributed by atoms with Crippen molar-refractivity contribution in [3.05, 3.63) is 101 Å². The lowest BCUT2D eigenvalue weighted by Crippen LogP contribution is -2.31. The standard InChI is InChI=1S/C30H31FN6O5/c1-18-5-7-19(8-6-18)17-32-27(38)23(26-34-36-37-35-26)15-20-9-14-25(24(31)16-20)41-28(39)21-10-12-22(13-11-21)33-29(40)42-30(2,3)4/h5-14,16,23H,15,17H2,1-4H3,(H,32,38)(H,33,40)(H,34,35,36,37). The highest BCUT2D eigenvalue weighted by atomic mass is 19.1. The molecule has 1 atom stereocenters. The molecule has 11 nitrogen and oxygen atoms in total. The van der Waals surface area contributed by atoms with Gasteiger partial charge in [0.25, 0.3) is 0 Å². The van der Waals surface area contributed by atoms with E-state index in [0.29, 0.717) is 17.8 Å². The second kappa shape index (κ2) is 13.0. The fourth-order valence-electron chi connectivity index (χ4n) is 3.90. The lowest BCUT2D eigenvalue weighted by atomic mass is 9.97. The van der Waals surface area contributed by atoms with Crippen LogP contribution in [0.25, 0.3) is 0 Å². The van der Waals surface area contributed by atoms with Gasteiger partial charge >= 0.3 is 12.1 Å². The topological polar surface area (TPSA) is 148 Å². The van der Waals surface area contributed by atoms with Crippen LogP contribution in [0.2, 0.25) is 0 Å². The van der Waals surface area contributed by atoms with Gasteiger partial charge < -0.3 is 14.8 Å². The van der Waals surface area contributed by atoms with E-state index in [2.05, 4.69) is 31.3 Å². The quantitative estimate of drug-likeness (QED) is 0.190. The van der Waals surface area contributed by atoms with Crippen LogP contribution in [0.1, 0.15) is 59.6 Å². The second-order valence-electron chi connectivity index (χ2n) is 10.6. The number of anilines is 1. The average molecular weight is 575 g/mol. The van der Waals surface area contributed by atoms with Crippen LogP contribution in [0.15, 0.2) is 66.7 Å². The molecule has 0 saturated carbocycles. The minimum Gasteiger partial charge on any atom is -0.444 e. The van der Waals surface area contributed by atoms with Crippen LogP contribution in [0, 0.1) is 12.7 Å². The molecule has 0 fully saturated rings. The number of aryl methyl sites for hydroxylation is 1. The summed E-state index contributed by atoms with van der Waals surface area (Å²) in [6.45, 7) is 7.51. The monoisotopic (exact) mass is 574 g/mol. The molecular weight excluding hydrogens is 543 g/mol. The summed E-state index contributed by atoms with van der Waals surface area (Å²) >= 11 is 0. The molecule has 2 amide bonds. The van der Waals surface area contributed by atoms with Gasteiger partial charge in [-0.25, -0.2) is 14.0 Å². The third kappa shape index (κ3) is 8.43. The van der Waals surface area contributed by atoms with Crippen molar-refractivity contribution in [2.45, 2.75) is 52.2 Å². The van der Waals surface area contributed by atoms with E-state index in [1.807, 2.05) is 31.2 Å². The second-order valence-corrected chi connectivity index (χ2v) is 10.6. The summed E-state index contributed by atoms with van der Waals surface area (Å²) in [5.41, 5.74) is 2.40. The van der Waals surface area contributed by atoms with Gasteiger partial charge in [0.2, 0.25) is 5.91 Å². The third-order valence-corrected chi connectivity index (χ3v) is 5.98. The largest absolute Gasteiger partial charge is 0.444 e. The summed E-state index contributed by atoms with van der Waals surface area (Å²) in [4.78, 5) is 37.6. The van der Waals surface area contributed by atoms with Crippen molar-refractivity contribution in [3.63, 3.8) is 0 Å². The summed E-state index contributed by atoms with van der Waals surface area (Å²) < 4.78 is 25.4. The van der Waals surface area contributed by atoms with Crippen molar-refractivity contribution in [2.75, 3.05) is 5.32 Å². The SMILES string of the molecule is Cc1ccc(CNC(=O)C(Cc2ccc(OC(=O)c3ccc(NC(=O)OC(C)(C)C)cc3)c(F)c2)c2nn[nH]n2)cc1. The van der Waals surface area contributed by atoms with Gasteiger partial charge in [-0.05, 0) is 81.6 Å². The Morgan fingerprint density at radius 2 is 1.67 bits per heavy atom. The molecular formula is C30H31FN6O5. The first kappa shape index (κ1) is 29.8. The van der Waals surface area contributed by atoms with Crippen LogP contribution in [-0.4, -0.2) is 44.2 Å². The molecule has 0 spiro atoms. The number of carbonyl (C=O) groups excluding carboxylic acids is 3. The van der Waals surface area contributed by atoms with Gasteiger partial charge in [-0.1, -0.05) is 41.1 Å². The van der Waals surface area contributed by atoms with Crippen LogP contribution in [0.3, 0.4) is 0 Å². The zero-order chi connectivity index (χ0) is 30.3. The summed E-state index contributed by atoms with van der Waals surface area (Å²) in [5.74, 6) is -2.87. The average Bonchev–Trinajstić information content (AvgIpc) is 3.46. The van der Waals surface area contributed by atoms with Crippen molar-refractivity contribution in [1.29, 1.82) is 0 Å². The Labute approximate surface area is 241 Å². The molecule has 4 aromatic rings. The summed E-state index contributed by atoms with van der Waals surface area (Å²) in [7, 11) is 0. The number of aromatic nitrogens is 4. The number of hydrogen-bond acceptors (Lipinski definition) is 8. The summed E-state index contributed by atoms with van der Waals surface area (Å²) in [5, 5.41) is 19.2. The molecule has 3 aromatic carbocycles. The van der Waals surface area contributed by atoms with E-state index in [1.54, 1.807) is 26.8 Å². The number of carbonyl (C=O) groups is 3. The van der Waals surface area contributed by atoms with Gasteiger partial charge in [0.05, 0.1) is 5.56 Å². The molecule has 0 aliphatic rings. The number of hydrogen-bond donors (Lipinski definition) is 3. The van der Waals surface area contributed by atoms with Gasteiger partial charge in [0.1, 0.15) is 11.5 Å². The van der Waals surface area contributed by atoms with Crippen molar-refractivity contribution < 1.29 is 28.2 Å². The van der Waals surface area contributed by atoms with E-state index in [0.717, 1.165) is 11.1 Å². The first-order valence-corrected chi connectivity index (χ1v) is 13.1.